The van der Waals surface area contributed by atoms with Gasteiger partial charge in [-0.05, 0) is 6.07 Å². The number of anilines is 1. The van der Waals surface area contributed by atoms with Gasteiger partial charge in [0.05, 0.1) is 11.3 Å². The molecule has 0 saturated heterocycles. The van der Waals surface area contributed by atoms with E-state index in [1.807, 2.05) is 0 Å². The van der Waals surface area contributed by atoms with E-state index in [0.29, 0.717) is 12.1 Å². The topological polar surface area (TPSA) is 102 Å². The number of nitrogens with two attached hydrogens (primary N) is 1. The van der Waals surface area contributed by atoms with Gasteiger partial charge in [0.2, 0.25) is 0 Å². The van der Waals surface area contributed by atoms with Crippen LogP contribution in [0.1, 0.15) is 10.4 Å². The first kappa shape index (κ1) is 15.0. The molecule has 1 amide bonds. The number of hydrogen-bond donors (Lipinski definition) is 3. The number of rotatable bonds is 5. The van der Waals surface area contributed by atoms with Crippen molar-refractivity contribution < 1.29 is 28.2 Å². The fourth-order valence-corrected chi connectivity index (χ4v) is 1.35. The van der Waals surface area contributed by atoms with Crippen LogP contribution in [0.3, 0.4) is 0 Å². The average Bonchev–Trinajstić information content (AvgIpc) is 2.34. The smallest absolute Gasteiger partial charge is 0.337 e. The molecule has 1 rings (SSSR count). The van der Waals surface area contributed by atoms with E-state index in [2.05, 4.69) is 5.32 Å². The van der Waals surface area contributed by atoms with Crippen LogP contribution in [0.15, 0.2) is 12.1 Å². The molecule has 1 atom stereocenters. The van der Waals surface area contributed by atoms with Gasteiger partial charge in [0.25, 0.3) is 5.91 Å². The van der Waals surface area contributed by atoms with Gasteiger partial charge >= 0.3 is 5.97 Å². The van der Waals surface area contributed by atoms with Crippen molar-refractivity contribution in [3.8, 4) is 0 Å². The van der Waals surface area contributed by atoms with Gasteiger partial charge < -0.3 is 20.9 Å². The molecule has 0 aliphatic heterocycles. The fourth-order valence-electron chi connectivity index (χ4n) is 1.35. The van der Waals surface area contributed by atoms with Crippen LogP contribution in [0, 0.1) is 11.6 Å². The fraction of sp³-hybridized carbons (Fsp3) is 0.273. The number of carboxylic acid groups (broad SMARTS) is 1. The summed E-state index contributed by atoms with van der Waals surface area (Å²) in [5.41, 5.74) is 4.31. The molecule has 0 aliphatic rings. The van der Waals surface area contributed by atoms with Gasteiger partial charge in [0.1, 0.15) is 6.10 Å². The second-order valence-electron chi connectivity index (χ2n) is 3.57. The van der Waals surface area contributed by atoms with Crippen LogP contribution < -0.4 is 11.1 Å². The molecular formula is C11H12F2N2O4. The van der Waals surface area contributed by atoms with Crippen molar-refractivity contribution in [2.45, 2.75) is 6.10 Å². The minimum atomic E-state index is -1.50. The lowest BCUT2D eigenvalue weighted by Crippen LogP contribution is -2.36. The zero-order valence-corrected chi connectivity index (χ0v) is 9.94. The molecule has 6 nitrogen and oxygen atoms in total. The molecule has 0 radical (unpaired) electrons. The number of ether oxygens (including phenoxy) is 1. The maximum absolute atomic E-state index is 13.1. The van der Waals surface area contributed by atoms with Crippen LogP contribution in [-0.2, 0) is 9.53 Å². The number of methoxy groups -OCH3 is 1. The average molecular weight is 274 g/mol. The summed E-state index contributed by atoms with van der Waals surface area (Å²) in [5, 5.41) is 11.0. The molecule has 8 heteroatoms. The predicted octanol–water partition coefficient (Wildman–Crippen LogP) is 0.575. The summed E-state index contributed by atoms with van der Waals surface area (Å²) in [6, 6.07) is 1.07. The van der Waals surface area contributed by atoms with Gasteiger partial charge in [-0.3, -0.25) is 4.79 Å². The van der Waals surface area contributed by atoms with E-state index < -0.39 is 35.2 Å². The Morgan fingerprint density at radius 2 is 2.00 bits per heavy atom. The van der Waals surface area contributed by atoms with Crippen LogP contribution in [0.4, 0.5) is 14.5 Å². The van der Waals surface area contributed by atoms with Gasteiger partial charge in [-0.2, -0.15) is 0 Å². The minimum absolute atomic E-state index is 0.144. The van der Waals surface area contributed by atoms with E-state index in [0.717, 1.165) is 0 Å². The maximum atomic E-state index is 13.1. The quantitative estimate of drug-likeness (QED) is 0.728. The summed E-state index contributed by atoms with van der Waals surface area (Å²) < 4.78 is 30.8. The van der Waals surface area contributed by atoms with Gasteiger partial charge in [0.15, 0.2) is 11.6 Å². The second kappa shape index (κ2) is 6.21. The molecule has 0 bridgehead atoms. The highest BCUT2D eigenvalue weighted by Gasteiger charge is 2.21. The number of carbonyl (C=O) groups is 2. The molecule has 0 fully saturated rings. The molecule has 1 aromatic carbocycles. The molecule has 0 aliphatic carbocycles. The third-order valence-corrected chi connectivity index (χ3v) is 2.34. The summed E-state index contributed by atoms with van der Waals surface area (Å²) in [6.07, 6.45) is -1.02. The lowest BCUT2D eigenvalue weighted by atomic mass is 10.1. The third kappa shape index (κ3) is 3.46. The van der Waals surface area contributed by atoms with Crippen LogP contribution in [0.25, 0.3) is 0 Å². The van der Waals surface area contributed by atoms with Crippen LogP contribution in [0.2, 0.25) is 0 Å². The molecule has 4 N–H and O–H groups in total. The highest BCUT2D eigenvalue weighted by molar-refractivity contribution is 6.01. The number of benzene rings is 1. The molecule has 0 aromatic heterocycles. The first-order valence-electron chi connectivity index (χ1n) is 5.16. The molecule has 1 aromatic rings. The monoisotopic (exact) mass is 274 g/mol. The molecule has 1 unspecified atom stereocenters. The SMILES string of the molecule is COC(CN)C(=O)Nc1cc(F)c(F)cc1C(=O)O. The zero-order chi connectivity index (χ0) is 14.6. The van der Waals surface area contributed by atoms with Gasteiger partial charge in [-0.1, -0.05) is 0 Å². The Kier molecular flexibility index (Phi) is 4.90. The Labute approximate surface area is 107 Å². The molecule has 0 saturated carbocycles. The van der Waals surface area contributed by atoms with Crippen molar-refractivity contribution in [2.24, 2.45) is 5.73 Å². The summed E-state index contributed by atoms with van der Waals surface area (Å²) in [4.78, 5) is 22.5. The normalized spacial score (nSPS) is 12.0. The Balaban J connectivity index is 3.09. The largest absolute Gasteiger partial charge is 0.478 e. The van der Waals surface area contributed by atoms with Crippen molar-refractivity contribution >= 4 is 17.6 Å². The first-order valence-corrected chi connectivity index (χ1v) is 5.16. The number of amides is 1. The summed E-state index contributed by atoms with van der Waals surface area (Å²) in [5.74, 6) is -4.85. The highest BCUT2D eigenvalue weighted by Crippen LogP contribution is 2.20. The highest BCUT2D eigenvalue weighted by atomic mass is 19.2. The van der Waals surface area contributed by atoms with Crippen molar-refractivity contribution in [2.75, 3.05) is 19.0 Å². The van der Waals surface area contributed by atoms with Crippen molar-refractivity contribution in [1.29, 1.82) is 0 Å². The zero-order valence-electron chi connectivity index (χ0n) is 9.94. The number of halogens is 2. The number of nitrogens with one attached hydrogen (secondary N) is 1. The Morgan fingerprint density at radius 1 is 1.42 bits per heavy atom. The number of carboxylic acids is 1. The van der Waals surface area contributed by atoms with Gasteiger partial charge in [-0.15, -0.1) is 0 Å². The molecule has 0 spiro atoms. The number of hydrogen-bond acceptors (Lipinski definition) is 4. The Morgan fingerprint density at radius 3 is 2.47 bits per heavy atom. The molecule has 104 valence electrons. The third-order valence-electron chi connectivity index (χ3n) is 2.34. The van der Waals surface area contributed by atoms with Gasteiger partial charge in [-0.25, -0.2) is 13.6 Å². The Bertz CT molecular complexity index is 504. The molecule has 19 heavy (non-hydrogen) atoms. The van der Waals surface area contributed by atoms with Crippen molar-refractivity contribution in [1.82, 2.24) is 0 Å². The van der Waals surface area contributed by atoms with E-state index in [4.69, 9.17) is 15.6 Å². The lowest BCUT2D eigenvalue weighted by Gasteiger charge is -2.14. The number of aromatic carboxylic acids is 1. The number of carbonyl (C=O) groups excluding carboxylic acids is 1. The van der Waals surface area contributed by atoms with Crippen molar-refractivity contribution in [3.05, 3.63) is 29.3 Å². The van der Waals surface area contributed by atoms with Crippen LogP contribution in [0.5, 0.6) is 0 Å². The Hall–Kier alpha value is -2.06. The van der Waals surface area contributed by atoms with Gasteiger partial charge in [0, 0.05) is 19.7 Å². The van der Waals surface area contributed by atoms with Crippen LogP contribution in [-0.4, -0.2) is 36.7 Å². The van der Waals surface area contributed by atoms with E-state index in [1.54, 1.807) is 0 Å². The second-order valence-corrected chi connectivity index (χ2v) is 3.57. The first-order chi connectivity index (χ1) is 8.90. The van der Waals surface area contributed by atoms with E-state index in [-0.39, 0.29) is 12.2 Å². The summed E-state index contributed by atoms with van der Waals surface area (Å²) in [6.45, 7) is -0.144. The molecule has 0 heterocycles. The lowest BCUT2D eigenvalue weighted by molar-refractivity contribution is -0.125. The minimum Gasteiger partial charge on any atom is -0.478 e. The summed E-state index contributed by atoms with van der Waals surface area (Å²) in [7, 11) is 1.24. The van der Waals surface area contributed by atoms with E-state index in [9.17, 15) is 18.4 Å². The van der Waals surface area contributed by atoms with Crippen molar-refractivity contribution in [3.63, 3.8) is 0 Å². The van der Waals surface area contributed by atoms with E-state index >= 15 is 0 Å². The predicted molar refractivity (Wildman–Crippen MR) is 61.8 cm³/mol. The standard InChI is InChI=1S/C11H12F2N2O4/c1-19-9(4-14)10(16)15-8-3-7(13)6(12)2-5(8)11(17)18/h2-3,9H,4,14H2,1H3,(H,15,16)(H,17,18). The molecular weight excluding hydrogens is 262 g/mol. The summed E-state index contributed by atoms with van der Waals surface area (Å²) >= 11 is 0. The van der Waals surface area contributed by atoms with Crippen LogP contribution >= 0.6 is 0 Å². The van der Waals surface area contributed by atoms with E-state index in [1.165, 1.54) is 7.11 Å². The maximum Gasteiger partial charge on any atom is 0.337 e.